The highest BCUT2D eigenvalue weighted by Crippen LogP contribution is 2.27. The van der Waals surface area contributed by atoms with E-state index in [9.17, 15) is 4.79 Å². The Hall–Kier alpha value is -0.220. The first-order chi connectivity index (χ1) is 7.27. The first-order valence-corrected chi connectivity index (χ1v) is 7.09. The Morgan fingerprint density at radius 2 is 2.20 bits per heavy atom. The highest BCUT2D eigenvalue weighted by Gasteiger charge is 2.25. The number of carbonyl (C=O) groups excluding carboxylic acids is 1. The van der Waals surface area contributed by atoms with Crippen LogP contribution >= 0.6 is 11.8 Å². The summed E-state index contributed by atoms with van der Waals surface area (Å²) in [7, 11) is 0. The summed E-state index contributed by atoms with van der Waals surface area (Å²) in [5.74, 6) is 0.173. The van der Waals surface area contributed by atoms with Gasteiger partial charge in [-0.2, -0.15) is 11.8 Å². The maximum atomic E-state index is 11.6. The van der Waals surface area contributed by atoms with Gasteiger partial charge in [0.15, 0.2) is 0 Å². The van der Waals surface area contributed by atoms with Crippen molar-refractivity contribution in [3.63, 3.8) is 0 Å². The van der Waals surface area contributed by atoms with E-state index in [1.54, 1.807) is 0 Å². The SMILES string of the molecule is CSC1CCCCC1NC(=O)CCCN. The summed E-state index contributed by atoms with van der Waals surface area (Å²) in [6.07, 6.45) is 8.44. The fourth-order valence-corrected chi connectivity index (χ4v) is 3.02. The van der Waals surface area contributed by atoms with Gasteiger partial charge < -0.3 is 11.1 Å². The molecule has 3 N–H and O–H groups in total. The molecule has 0 aliphatic heterocycles. The van der Waals surface area contributed by atoms with Crippen molar-refractivity contribution in [1.29, 1.82) is 0 Å². The van der Waals surface area contributed by atoms with E-state index in [2.05, 4.69) is 11.6 Å². The summed E-state index contributed by atoms with van der Waals surface area (Å²) in [6.45, 7) is 0.601. The molecule has 0 aromatic heterocycles. The average molecular weight is 230 g/mol. The number of carbonyl (C=O) groups is 1. The van der Waals surface area contributed by atoms with Crippen LogP contribution in [0.5, 0.6) is 0 Å². The second kappa shape index (κ2) is 7.12. The third-order valence-corrected chi connectivity index (χ3v) is 4.13. The monoisotopic (exact) mass is 230 g/mol. The molecule has 0 radical (unpaired) electrons. The number of rotatable bonds is 5. The van der Waals surface area contributed by atoms with E-state index < -0.39 is 0 Å². The lowest BCUT2D eigenvalue weighted by Crippen LogP contribution is -2.43. The molecule has 3 nitrogen and oxygen atoms in total. The molecular weight excluding hydrogens is 208 g/mol. The smallest absolute Gasteiger partial charge is 0.220 e. The van der Waals surface area contributed by atoms with Crippen LogP contribution in [-0.4, -0.2) is 30.0 Å². The average Bonchev–Trinajstić information content (AvgIpc) is 2.27. The second-order valence-electron chi connectivity index (χ2n) is 4.12. The topological polar surface area (TPSA) is 55.1 Å². The molecule has 1 fully saturated rings. The number of hydrogen-bond acceptors (Lipinski definition) is 3. The van der Waals surface area contributed by atoms with Crippen molar-refractivity contribution in [3.8, 4) is 0 Å². The molecule has 1 aliphatic carbocycles. The lowest BCUT2D eigenvalue weighted by atomic mass is 9.94. The fraction of sp³-hybridized carbons (Fsp3) is 0.909. The van der Waals surface area contributed by atoms with Gasteiger partial charge in [-0.15, -0.1) is 0 Å². The second-order valence-corrected chi connectivity index (χ2v) is 5.20. The van der Waals surface area contributed by atoms with E-state index in [1.165, 1.54) is 19.3 Å². The summed E-state index contributed by atoms with van der Waals surface area (Å²) in [6, 6.07) is 0.388. The zero-order chi connectivity index (χ0) is 11.1. The van der Waals surface area contributed by atoms with Gasteiger partial charge in [0.1, 0.15) is 0 Å². The number of nitrogens with one attached hydrogen (secondary N) is 1. The summed E-state index contributed by atoms with van der Waals surface area (Å²) in [4.78, 5) is 11.6. The third kappa shape index (κ3) is 4.43. The van der Waals surface area contributed by atoms with Crippen LogP contribution in [0.3, 0.4) is 0 Å². The molecule has 1 saturated carbocycles. The van der Waals surface area contributed by atoms with Crippen LogP contribution in [0.1, 0.15) is 38.5 Å². The number of hydrogen-bond donors (Lipinski definition) is 2. The molecule has 0 saturated heterocycles. The van der Waals surface area contributed by atoms with Crippen molar-refractivity contribution >= 4 is 17.7 Å². The highest BCUT2D eigenvalue weighted by molar-refractivity contribution is 7.99. The molecule has 2 unspecified atom stereocenters. The first kappa shape index (κ1) is 12.8. The van der Waals surface area contributed by atoms with Crippen molar-refractivity contribution in [2.24, 2.45) is 5.73 Å². The van der Waals surface area contributed by atoms with Gasteiger partial charge in [-0.25, -0.2) is 0 Å². The van der Waals surface area contributed by atoms with E-state index in [1.807, 2.05) is 11.8 Å². The highest BCUT2D eigenvalue weighted by atomic mass is 32.2. The molecule has 0 spiro atoms. The Kier molecular flexibility index (Phi) is 6.10. The fourth-order valence-electron chi connectivity index (χ4n) is 2.09. The van der Waals surface area contributed by atoms with Gasteiger partial charge >= 0.3 is 0 Å². The van der Waals surface area contributed by atoms with Gasteiger partial charge in [0.05, 0.1) is 0 Å². The van der Waals surface area contributed by atoms with E-state index in [0.717, 1.165) is 12.8 Å². The van der Waals surface area contributed by atoms with Gasteiger partial charge in [0.25, 0.3) is 0 Å². The van der Waals surface area contributed by atoms with Crippen LogP contribution in [0.25, 0.3) is 0 Å². The van der Waals surface area contributed by atoms with Crippen LogP contribution in [0.4, 0.5) is 0 Å². The molecule has 0 bridgehead atoms. The molecule has 0 aromatic carbocycles. The Balaban J connectivity index is 2.30. The summed E-state index contributed by atoms with van der Waals surface area (Å²) < 4.78 is 0. The van der Waals surface area contributed by atoms with Crippen molar-refractivity contribution < 1.29 is 4.79 Å². The maximum Gasteiger partial charge on any atom is 0.220 e. The molecule has 0 heterocycles. The normalized spacial score (nSPS) is 26.3. The van der Waals surface area contributed by atoms with Crippen LogP contribution in [0, 0.1) is 0 Å². The van der Waals surface area contributed by atoms with Gasteiger partial charge in [0, 0.05) is 17.7 Å². The minimum atomic E-state index is 0.173. The van der Waals surface area contributed by atoms with E-state index >= 15 is 0 Å². The van der Waals surface area contributed by atoms with Gasteiger partial charge in [-0.3, -0.25) is 4.79 Å². The van der Waals surface area contributed by atoms with Gasteiger partial charge in [-0.05, 0) is 32.1 Å². The summed E-state index contributed by atoms with van der Waals surface area (Å²) >= 11 is 1.88. The van der Waals surface area contributed by atoms with E-state index in [0.29, 0.717) is 24.3 Å². The molecule has 2 atom stereocenters. The molecule has 88 valence electrons. The Morgan fingerprint density at radius 1 is 1.47 bits per heavy atom. The lowest BCUT2D eigenvalue weighted by Gasteiger charge is -2.30. The maximum absolute atomic E-state index is 11.6. The molecule has 4 heteroatoms. The minimum Gasteiger partial charge on any atom is -0.352 e. The Bertz CT molecular complexity index is 199. The van der Waals surface area contributed by atoms with E-state index in [-0.39, 0.29) is 5.91 Å². The quantitative estimate of drug-likeness (QED) is 0.753. The standard InChI is InChI=1S/C11H22N2OS/c1-15-10-6-3-2-5-9(10)13-11(14)7-4-8-12/h9-10H,2-8,12H2,1H3,(H,13,14). The first-order valence-electron chi connectivity index (χ1n) is 5.80. The van der Waals surface area contributed by atoms with E-state index in [4.69, 9.17) is 5.73 Å². The lowest BCUT2D eigenvalue weighted by molar-refractivity contribution is -0.122. The van der Waals surface area contributed by atoms with Crippen LogP contribution < -0.4 is 11.1 Å². The third-order valence-electron chi connectivity index (χ3n) is 2.96. The molecule has 1 amide bonds. The van der Waals surface area contributed by atoms with Gasteiger partial charge in [0.2, 0.25) is 5.91 Å². The van der Waals surface area contributed by atoms with Crippen LogP contribution in [-0.2, 0) is 4.79 Å². The van der Waals surface area contributed by atoms with Crippen molar-refractivity contribution in [2.75, 3.05) is 12.8 Å². The summed E-state index contributed by atoms with van der Waals surface area (Å²) in [5.41, 5.74) is 5.38. The molecule has 0 aromatic rings. The number of nitrogens with two attached hydrogens (primary N) is 1. The number of thioether (sulfide) groups is 1. The summed E-state index contributed by atoms with van der Waals surface area (Å²) in [5, 5.41) is 3.75. The zero-order valence-electron chi connectivity index (χ0n) is 9.50. The predicted molar refractivity (Wildman–Crippen MR) is 66.0 cm³/mol. The zero-order valence-corrected chi connectivity index (χ0v) is 10.3. The minimum absolute atomic E-state index is 0.173. The van der Waals surface area contributed by atoms with Crippen molar-refractivity contribution in [2.45, 2.75) is 49.8 Å². The van der Waals surface area contributed by atoms with Crippen LogP contribution in [0.15, 0.2) is 0 Å². The van der Waals surface area contributed by atoms with Crippen molar-refractivity contribution in [1.82, 2.24) is 5.32 Å². The Morgan fingerprint density at radius 3 is 2.87 bits per heavy atom. The molecule has 1 rings (SSSR count). The predicted octanol–water partition coefficient (Wildman–Crippen LogP) is 1.52. The largest absolute Gasteiger partial charge is 0.352 e. The molecular formula is C11H22N2OS. The Labute approximate surface area is 96.6 Å². The van der Waals surface area contributed by atoms with Crippen LogP contribution in [0.2, 0.25) is 0 Å². The number of amides is 1. The molecule has 1 aliphatic rings. The molecule has 15 heavy (non-hydrogen) atoms. The van der Waals surface area contributed by atoms with Crippen molar-refractivity contribution in [3.05, 3.63) is 0 Å². The van der Waals surface area contributed by atoms with Gasteiger partial charge in [-0.1, -0.05) is 12.8 Å².